The zero-order chi connectivity index (χ0) is 21.0. The minimum Gasteiger partial charge on any atom is -0.378 e. The lowest BCUT2D eigenvalue weighted by molar-refractivity contribution is 0.121. The van der Waals surface area contributed by atoms with Gasteiger partial charge in [-0.05, 0) is 29.3 Å². The minimum absolute atomic E-state index is 0.0575. The summed E-state index contributed by atoms with van der Waals surface area (Å²) in [5, 5.41) is 5.97. The molecule has 2 aromatic carbocycles. The zero-order valence-electron chi connectivity index (χ0n) is 17.8. The Bertz CT molecular complexity index is 997. The average Bonchev–Trinajstić information content (AvgIpc) is 2.84. The molecular weight excluding hydrogens is 392 g/mol. The van der Waals surface area contributed by atoms with Crippen LogP contribution < -0.4 is 15.1 Å². The number of morpholine rings is 2. The van der Waals surface area contributed by atoms with Crippen molar-refractivity contribution >= 4 is 28.6 Å². The predicted molar refractivity (Wildman–Crippen MR) is 122 cm³/mol. The fourth-order valence-corrected chi connectivity index (χ4v) is 3.98. The molecule has 0 unspecified atom stereocenters. The maximum Gasteiger partial charge on any atom is 0.232 e. The van der Waals surface area contributed by atoms with Gasteiger partial charge in [-0.2, -0.15) is 15.0 Å². The number of benzene rings is 2. The lowest BCUT2D eigenvalue weighted by Gasteiger charge is -2.30. The number of nitrogens with zero attached hydrogens (tertiary/aromatic N) is 5. The summed E-state index contributed by atoms with van der Waals surface area (Å²) in [5.74, 6) is 2.00. The highest BCUT2D eigenvalue weighted by Gasteiger charge is 2.21. The summed E-state index contributed by atoms with van der Waals surface area (Å²) >= 11 is 0. The standard InChI is InChI=1S/C23H28N6O2/c1-17(19-7-6-18-4-2-3-5-20(18)16-19)24-21-25-22(28-8-12-30-13-9-28)27-23(26-21)29-10-14-31-15-11-29/h2-7,16-17H,8-15H2,1H3,(H,24,25,26,27)/t17-/m1/s1. The third kappa shape index (κ3) is 4.55. The number of rotatable bonds is 5. The van der Waals surface area contributed by atoms with E-state index >= 15 is 0 Å². The van der Waals surface area contributed by atoms with Crippen molar-refractivity contribution in [1.82, 2.24) is 15.0 Å². The maximum absolute atomic E-state index is 5.50. The Morgan fingerprint density at radius 1 is 0.774 bits per heavy atom. The van der Waals surface area contributed by atoms with Crippen LogP contribution in [0.2, 0.25) is 0 Å². The Kier molecular flexibility index (Phi) is 5.82. The predicted octanol–water partition coefficient (Wildman–Crippen LogP) is 2.87. The lowest BCUT2D eigenvalue weighted by Crippen LogP contribution is -2.40. The van der Waals surface area contributed by atoms with Gasteiger partial charge in [0.25, 0.3) is 0 Å². The normalized spacial score (nSPS) is 18.2. The molecule has 0 spiro atoms. The first kappa shape index (κ1) is 20.0. The molecule has 0 bridgehead atoms. The van der Waals surface area contributed by atoms with Crippen molar-refractivity contribution < 1.29 is 9.47 Å². The first-order valence-electron chi connectivity index (χ1n) is 10.9. The Balaban J connectivity index is 1.43. The molecule has 0 radical (unpaired) electrons. The van der Waals surface area contributed by atoms with Gasteiger partial charge in [-0.25, -0.2) is 0 Å². The Hall–Kier alpha value is -2.97. The second-order valence-corrected chi connectivity index (χ2v) is 7.93. The van der Waals surface area contributed by atoms with E-state index < -0.39 is 0 Å². The molecule has 2 saturated heterocycles. The fraction of sp³-hybridized carbons (Fsp3) is 0.435. The van der Waals surface area contributed by atoms with E-state index in [1.165, 1.54) is 16.3 Å². The first-order chi connectivity index (χ1) is 15.3. The quantitative estimate of drug-likeness (QED) is 0.675. The van der Waals surface area contributed by atoms with E-state index in [4.69, 9.17) is 24.4 Å². The van der Waals surface area contributed by atoms with E-state index in [0.717, 1.165) is 26.2 Å². The van der Waals surface area contributed by atoms with Crippen molar-refractivity contribution in [2.75, 3.05) is 67.7 Å². The highest BCUT2D eigenvalue weighted by atomic mass is 16.5. The van der Waals surface area contributed by atoms with Gasteiger partial charge in [0.1, 0.15) is 0 Å². The van der Waals surface area contributed by atoms with Gasteiger partial charge in [0.2, 0.25) is 17.8 Å². The second kappa shape index (κ2) is 9.03. The SMILES string of the molecule is C[C@@H](Nc1nc(N2CCOCC2)nc(N2CCOCC2)n1)c1ccc2ccccc2c1. The van der Waals surface area contributed by atoms with Crippen molar-refractivity contribution in [3.05, 3.63) is 48.0 Å². The molecule has 1 N–H and O–H groups in total. The smallest absolute Gasteiger partial charge is 0.232 e. The lowest BCUT2D eigenvalue weighted by atomic mass is 10.0. The molecule has 8 nitrogen and oxygen atoms in total. The van der Waals surface area contributed by atoms with E-state index in [9.17, 15) is 0 Å². The molecule has 3 heterocycles. The highest BCUT2D eigenvalue weighted by molar-refractivity contribution is 5.83. The molecule has 162 valence electrons. The number of nitrogens with one attached hydrogen (secondary N) is 1. The third-order valence-corrected chi connectivity index (χ3v) is 5.82. The molecule has 0 amide bonds. The summed E-state index contributed by atoms with van der Waals surface area (Å²) in [6.45, 7) is 8.03. The van der Waals surface area contributed by atoms with E-state index in [1.54, 1.807) is 0 Å². The van der Waals surface area contributed by atoms with Gasteiger partial charge in [0.05, 0.1) is 32.5 Å². The third-order valence-electron chi connectivity index (χ3n) is 5.82. The maximum atomic E-state index is 5.50. The zero-order valence-corrected chi connectivity index (χ0v) is 17.8. The second-order valence-electron chi connectivity index (χ2n) is 7.93. The first-order valence-corrected chi connectivity index (χ1v) is 10.9. The molecule has 0 saturated carbocycles. The number of ether oxygens (including phenoxy) is 2. The monoisotopic (exact) mass is 420 g/mol. The summed E-state index contributed by atoms with van der Waals surface area (Å²) in [5.41, 5.74) is 1.19. The van der Waals surface area contributed by atoms with E-state index in [2.05, 4.69) is 64.5 Å². The van der Waals surface area contributed by atoms with Gasteiger partial charge in [0.15, 0.2) is 0 Å². The minimum atomic E-state index is 0.0575. The Labute approximate surface area is 182 Å². The highest BCUT2D eigenvalue weighted by Crippen LogP contribution is 2.24. The van der Waals surface area contributed by atoms with Crippen LogP contribution in [0.25, 0.3) is 10.8 Å². The van der Waals surface area contributed by atoms with Crippen LogP contribution in [0, 0.1) is 0 Å². The molecule has 2 fully saturated rings. The van der Waals surface area contributed by atoms with Crippen LogP contribution in [0.15, 0.2) is 42.5 Å². The van der Waals surface area contributed by atoms with Crippen LogP contribution in [-0.2, 0) is 9.47 Å². The molecule has 3 aromatic rings. The van der Waals surface area contributed by atoms with Gasteiger partial charge >= 0.3 is 0 Å². The summed E-state index contributed by atoms with van der Waals surface area (Å²) in [6, 6.07) is 15.0. The average molecular weight is 421 g/mol. The molecular formula is C23H28N6O2. The molecule has 0 aliphatic carbocycles. The van der Waals surface area contributed by atoms with E-state index in [0.29, 0.717) is 44.3 Å². The van der Waals surface area contributed by atoms with E-state index in [1.807, 2.05) is 0 Å². The summed E-state index contributed by atoms with van der Waals surface area (Å²) < 4.78 is 11.0. The van der Waals surface area contributed by atoms with E-state index in [-0.39, 0.29) is 6.04 Å². The van der Waals surface area contributed by atoms with Gasteiger partial charge in [-0.15, -0.1) is 0 Å². The molecule has 2 aliphatic heterocycles. The van der Waals surface area contributed by atoms with Gasteiger partial charge in [-0.3, -0.25) is 0 Å². The molecule has 1 aromatic heterocycles. The summed E-state index contributed by atoms with van der Waals surface area (Å²) in [7, 11) is 0. The number of anilines is 3. The fourth-order valence-electron chi connectivity index (χ4n) is 3.98. The molecule has 1 atom stereocenters. The van der Waals surface area contributed by atoms with Crippen LogP contribution >= 0.6 is 0 Å². The van der Waals surface area contributed by atoms with Crippen molar-refractivity contribution in [2.45, 2.75) is 13.0 Å². The van der Waals surface area contributed by atoms with Crippen molar-refractivity contribution in [3.8, 4) is 0 Å². The van der Waals surface area contributed by atoms with Crippen molar-refractivity contribution in [3.63, 3.8) is 0 Å². The summed E-state index contributed by atoms with van der Waals surface area (Å²) in [4.78, 5) is 18.6. The summed E-state index contributed by atoms with van der Waals surface area (Å²) in [6.07, 6.45) is 0. The molecule has 31 heavy (non-hydrogen) atoms. The number of hydrogen-bond acceptors (Lipinski definition) is 8. The molecule has 5 rings (SSSR count). The van der Waals surface area contributed by atoms with Crippen LogP contribution in [0.3, 0.4) is 0 Å². The van der Waals surface area contributed by atoms with Gasteiger partial charge in [0, 0.05) is 26.2 Å². The van der Waals surface area contributed by atoms with Gasteiger partial charge < -0.3 is 24.6 Å². The van der Waals surface area contributed by atoms with Crippen molar-refractivity contribution in [1.29, 1.82) is 0 Å². The van der Waals surface area contributed by atoms with Crippen molar-refractivity contribution in [2.24, 2.45) is 0 Å². The van der Waals surface area contributed by atoms with Gasteiger partial charge in [-0.1, -0.05) is 36.4 Å². The van der Waals surface area contributed by atoms with Crippen LogP contribution in [-0.4, -0.2) is 67.6 Å². The largest absolute Gasteiger partial charge is 0.378 e. The topological polar surface area (TPSA) is 75.6 Å². The molecule has 2 aliphatic rings. The number of hydrogen-bond donors (Lipinski definition) is 1. The van der Waals surface area contributed by atoms with Crippen LogP contribution in [0.5, 0.6) is 0 Å². The molecule has 8 heteroatoms. The van der Waals surface area contributed by atoms with Crippen LogP contribution in [0.1, 0.15) is 18.5 Å². The number of fused-ring (bicyclic) bond motifs is 1. The Morgan fingerprint density at radius 3 is 1.97 bits per heavy atom. The Morgan fingerprint density at radius 2 is 1.35 bits per heavy atom. The number of aromatic nitrogens is 3. The van der Waals surface area contributed by atoms with Crippen LogP contribution in [0.4, 0.5) is 17.8 Å².